The quantitative estimate of drug-likeness (QED) is 0.649. The predicted octanol–water partition coefficient (Wildman–Crippen LogP) is 5.34. The number of hydrogen-bond acceptors (Lipinski definition) is 2. The van der Waals surface area contributed by atoms with Gasteiger partial charge in [0.1, 0.15) is 5.82 Å². The van der Waals surface area contributed by atoms with Gasteiger partial charge in [-0.15, -0.1) is 0 Å². The number of nitrogens with one attached hydrogen (secondary N) is 2. The fourth-order valence-electron chi connectivity index (χ4n) is 2.31. The zero-order valence-corrected chi connectivity index (χ0v) is 14.1. The smallest absolute Gasteiger partial charge is 0.255 e. The first kappa shape index (κ1) is 17.0. The molecule has 0 radical (unpaired) electrons. The van der Waals surface area contributed by atoms with Gasteiger partial charge in [0.05, 0.1) is 0 Å². The molecule has 3 aromatic rings. The molecule has 3 rings (SSSR count). The monoisotopic (exact) mass is 354 g/mol. The van der Waals surface area contributed by atoms with E-state index in [4.69, 9.17) is 11.6 Å². The normalized spacial score (nSPS) is 10.3. The third-order valence-electron chi connectivity index (χ3n) is 3.64. The molecule has 3 aromatic carbocycles. The fourth-order valence-corrected chi connectivity index (χ4v) is 2.50. The molecular weight excluding hydrogens is 339 g/mol. The second-order valence-corrected chi connectivity index (χ2v) is 5.96. The van der Waals surface area contributed by atoms with Crippen LogP contribution in [0.5, 0.6) is 0 Å². The first-order chi connectivity index (χ1) is 12.1. The van der Waals surface area contributed by atoms with Crippen molar-refractivity contribution in [1.29, 1.82) is 0 Å². The van der Waals surface area contributed by atoms with Gasteiger partial charge >= 0.3 is 0 Å². The molecule has 0 aliphatic heterocycles. The van der Waals surface area contributed by atoms with Gasteiger partial charge in [-0.3, -0.25) is 4.79 Å². The summed E-state index contributed by atoms with van der Waals surface area (Å²) >= 11 is 5.90. The van der Waals surface area contributed by atoms with Crippen LogP contribution in [-0.4, -0.2) is 5.91 Å². The number of rotatable bonds is 5. The Morgan fingerprint density at radius 3 is 2.28 bits per heavy atom. The van der Waals surface area contributed by atoms with Crippen LogP contribution in [0.4, 0.5) is 15.8 Å². The Bertz CT molecular complexity index is 864. The molecule has 0 aliphatic rings. The van der Waals surface area contributed by atoms with Crippen LogP contribution in [0.15, 0.2) is 72.8 Å². The van der Waals surface area contributed by atoms with E-state index in [0.717, 1.165) is 11.3 Å². The van der Waals surface area contributed by atoms with Crippen LogP contribution in [0.2, 0.25) is 5.02 Å². The summed E-state index contributed by atoms with van der Waals surface area (Å²) in [6, 6.07) is 20.5. The van der Waals surface area contributed by atoms with Gasteiger partial charge in [-0.25, -0.2) is 4.39 Å². The Kier molecular flexibility index (Phi) is 5.31. The van der Waals surface area contributed by atoms with E-state index in [9.17, 15) is 9.18 Å². The molecule has 0 heterocycles. The first-order valence-electron chi connectivity index (χ1n) is 7.75. The van der Waals surface area contributed by atoms with Crippen LogP contribution >= 0.6 is 11.6 Å². The highest BCUT2D eigenvalue weighted by atomic mass is 35.5. The standard InChI is InChI=1S/C20H16ClFN2O/c21-16-3-1-2-15(12-16)20(25)24-19-10-8-18(9-11-19)23-13-14-4-6-17(22)7-5-14/h1-12,23H,13H2,(H,24,25). The Balaban J connectivity index is 1.58. The van der Waals surface area contributed by atoms with Crippen LogP contribution in [0, 0.1) is 5.82 Å². The van der Waals surface area contributed by atoms with E-state index in [1.54, 1.807) is 36.4 Å². The van der Waals surface area contributed by atoms with Crippen molar-refractivity contribution in [1.82, 2.24) is 0 Å². The van der Waals surface area contributed by atoms with E-state index in [-0.39, 0.29) is 11.7 Å². The van der Waals surface area contributed by atoms with Crippen molar-refractivity contribution in [2.75, 3.05) is 10.6 Å². The summed E-state index contributed by atoms with van der Waals surface area (Å²) in [6.45, 7) is 0.592. The van der Waals surface area contributed by atoms with Gasteiger partial charge in [0.25, 0.3) is 5.91 Å². The lowest BCUT2D eigenvalue weighted by molar-refractivity contribution is 0.102. The third kappa shape index (κ3) is 4.81. The van der Waals surface area contributed by atoms with Gasteiger partial charge in [0, 0.05) is 28.5 Å². The average molecular weight is 355 g/mol. The Hall–Kier alpha value is -2.85. The predicted molar refractivity (Wildman–Crippen MR) is 99.6 cm³/mol. The topological polar surface area (TPSA) is 41.1 Å². The maximum Gasteiger partial charge on any atom is 0.255 e. The number of hydrogen-bond donors (Lipinski definition) is 2. The van der Waals surface area contributed by atoms with Crippen LogP contribution in [0.1, 0.15) is 15.9 Å². The van der Waals surface area contributed by atoms with Crippen molar-refractivity contribution >= 4 is 28.9 Å². The highest BCUT2D eigenvalue weighted by molar-refractivity contribution is 6.31. The van der Waals surface area contributed by atoms with Crippen LogP contribution in [0.3, 0.4) is 0 Å². The molecule has 0 atom stereocenters. The Morgan fingerprint density at radius 2 is 1.60 bits per heavy atom. The van der Waals surface area contributed by atoms with E-state index in [2.05, 4.69) is 10.6 Å². The van der Waals surface area contributed by atoms with Gasteiger partial charge in [-0.1, -0.05) is 29.8 Å². The molecule has 1 amide bonds. The van der Waals surface area contributed by atoms with Gasteiger partial charge in [-0.2, -0.15) is 0 Å². The molecule has 0 bridgehead atoms. The van der Waals surface area contributed by atoms with E-state index in [1.165, 1.54) is 12.1 Å². The second-order valence-electron chi connectivity index (χ2n) is 5.52. The lowest BCUT2D eigenvalue weighted by Crippen LogP contribution is -2.11. The molecular formula is C20H16ClFN2O. The minimum absolute atomic E-state index is 0.213. The van der Waals surface area contributed by atoms with Crippen molar-refractivity contribution in [3.8, 4) is 0 Å². The molecule has 0 aliphatic carbocycles. The molecule has 5 heteroatoms. The van der Waals surface area contributed by atoms with E-state index in [1.807, 2.05) is 24.3 Å². The maximum atomic E-state index is 12.9. The van der Waals surface area contributed by atoms with Gasteiger partial charge in [0.2, 0.25) is 0 Å². The first-order valence-corrected chi connectivity index (χ1v) is 8.13. The summed E-state index contributed by atoms with van der Waals surface area (Å²) in [7, 11) is 0. The Morgan fingerprint density at radius 1 is 0.920 bits per heavy atom. The van der Waals surface area contributed by atoms with Crippen molar-refractivity contribution in [2.45, 2.75) is 6.54 Å². The van der Waals surface area contributed by atoms with E-state index < -0.39 is 0 Å². The average Bonchev–Trinajstić information content (AvgIpc) is 2.62. The van der Waals surface area contributed by atoms with E-state index >= 15 is 0 Å². The summed E-state index contributed by atoms with van der Waals surface area (Å²) in [5.74, 6) is -0.460. The molecule has 0 aromatic heterocycles. The lowest BCUT2D eigenvalue weighted by Gasteiger charge is -2.09. The summed E-state index contributed by atoms with van der Waals surface area (Å²) < 4.78 is 12.9. The van der Waals surface area contributed by atoms with Crippen molar-refractivity contribution in [3.63, 3.8) is 0 Å². The highest BCUT2D eigenvalue weighted by Gasteiger charge is 2.06. The summed E-state index contributed by atoms with van der Waals surface area (Å²) in [5, 5.41) is 6.59. The number of benzene rings is 3. The van der Waals surface area contributed by atoms with Gasteiger partial charge < -0.3 is 10.6 Å². The van der Waals surface area contributed by atoms with Gasteiger partial charge in [0.15, 0.2) is 0 Å². The van der Waals surface area contributed by atoms with Crippen LogP contribution < -0.4 is 10.6 Å². The maximum absolute atomic E-state index is 12.9. The van der Waals surface area contributed by atoms with Crippen molar-refractivity contribution in [2.24, 2.45) is 0 Å². The SMILES string of the molecule is O=C(Nc1ccc(NCc2ccc(F)cc2)cc1)c1cccc(Cl)c1. The molecule has 0 saturated heterocycles. The number of halogens is 2. The molecule has 0 unspecified atom stereocenters. The minimum atomic E-state index is -0.247. The summed E-state index contributed by atoms with van der Waals surface area (Å²) in [4.78, 5) is 12.2. The summed E-state index contributed by atoms with van der Waals surface area (Å²) in [5.41, 5.74) is 3.09. The zero-order chi connectivity index (χ0) is 17.6. The molecule has 25 heavy (non-hydrogen) atoms. The molecule has 0 fully saturated rings. The zero-order valence-electron chi connectivity index (χ0n) is 13.3. The molecule has 126 valence electrons. The minimum Gasteiger partial charge on any atom is -0.381 e. The third-order valence-corrected chi connectivity index (χ3v) is 3.87. The fraction of sp³-hybridized carbons (Fsp3) is 0.0500. The van der Waals surface area contributed by atoms with Crippen LogP contribution in [0.25, 0.3) is 0 Å². The largest absolute Gasteiger partial charge is 0.381 e. The van der Waals surface area contributed by atoms with E-state index in [0.29, 0.717) is 22.8 Å². The van der Waals surface area contributed by atoms with Gasteiger partial charge in [-0.05, 0) is 60.2 Å². The van der Waals surface area contributed by atoms with Crippen molar-refractivity contribution < 1.29 is 9.18 Å². The van der Waals surface area contributed by atoms with Crippen molar-refractivity contribution in [3.05, 3.63) is 94.8 Å². The lowest BCUT2D eigenvalue weighted by atomic mass is 10.2. The number of carbonyl (C=O) groups is 1. The van der Waals surface area contributed by atoms with Crippen LogP contribution in [-0.2, 0) is 6.54 Å². The molecule has 3 nitrogen and oxygen atoms in total. The Labute approximate surface area is 150 Å². The number of amides is 1. The number of anilines is 2. The second kappa shape index (κ2) is 7.81. The highest BCUT2D eigenvalue weighted by Crippen LogP contribution is 2.17. The molecule has 2 N–H and O–H groups in total. The molecule has 0 spiro atoms. The summed E-state index contributed by atoms with van der Waals surface area (Å²) in [6.07, 6.45) is 0. The number of carbonyl (C=O) groups excluding carboxylic acids is 1. The molecule has 0 saturated carbocycles.